The zero-order valence-electron chi connectivity index (χ0n) is 7.18. The van der Waals surface area contributed by atoms with E-state index in [9.17, 15) is 4.79 Å². The number of carbonyl (C=O) groups excluding carboxylic acids is 1. The Bertz CT molecular complexity index is 186. The summed E-state index contributed by atoms with van der Waals surface area (Å²) in [7, 11) is 0. The third-order valence-electron chi connectivity index (χ3n) is 1.98. The molecule has 1 amide bonds. The third kappa shape index (κ3) is 2.07. The zero-order chi connectivity index (χ0) is 8.32. The molecule has 0 aromatic heterocycles. The van der Waals surface area contributed by atoms with Gasteiger partial charge in [0, 0.05) is 6.42 Å². The second-order valence-corrected chi connectivity index (χ2v) is 3.32. The van der Waals surface area contributed by atoms with Gasteiger partial charge in [-0.25, -0.2) is 0 Å². The third-order valence-corrected chi connectivity index (χ3v) is 1.98. The number of hydrogen-bond donors (Lipinski definition) is 1. The Morgan fingerprint density at radius 1 is 1.73 bits per heavy atom. The number of carbonyl (C=O) groups is 1. The minimum atomic E-state index is -0.0793. The minimum absolute atomic E-state index is 0.0793. The predicted molar refractivity (Wildman–Crippen MR) is 45.2 cm³/mol. The van der Waals surface area contributed by atoms with E-state index >= 15 is 0 Å². The predicted octanol–water partition coefficient (Wildman–Crippen LogP) is 1.62. The lowest BCUT2D eigenvalue weighted by molar-refractivity contribution is -0.122. The molecule has 1 aliphatic heterocycles. The summed E-state index contributed by atoms with van der Waals surface area (Å²) < 4.78 is 0. The molecule has 0 unspecified atom stereocenters. The Hall–Kier alpha value is -0.790. The normalized spacial score (nSPS) is 30.2. The van der Waals surface area contributed by atoms with Crippen molar-refractivity contribution in [2.45, 2.75) is 38.6 Å². The van der Waals surface area contributed by atoms with Gasteiger partial charge in [0.05, 0.1) is 5.54 Å². The number of nitrogens with one attached hydrogen (secondary N) is 1. The van der Waals surface area contributed by atoms with Crippen LogP contribution in [0.15, 0.2) is 12.2 Å². The van der Waals surface area contributed by atoms with Crippen LogP contribution in [0.1, 0.15) is 33.1 Å². The first-order valence-corrected chi connectivity index (χ1v) is 4.15. The van der Waals surface area contributed by atoms with E-state index in [0.29, 0.717) is 6.42 Å². The number of hydrogen-bond acceptors (Lipinski definition) is 1. The Labute approximate surface area is 67.7 Å². The molecule has 0 aromatic carbocycles. The second-order valence-electron chi connectivity index (χ2n) is 3.32. The van der Waals surface area contributed by atoms with E-state index in [0.717, 1.165) is 12.8 Å². The van der Waals surface area contributed by atoms with Gasteiger partial charge in [0.15, 0.2) is 0 Å². The molecular weight excluding hydrogens is 138 g/mol. The van der Waals surface area contributed by atoms with Crippen LogP contribution >= 0.6 is 0 Å². The summed E-state index contributed by atoms with van der Waals surface area (Å²) >= 11 is 0. The molecule has 1 rings (SSSR count). The lowest BCUT2D eigenvalue weighted by Gasteiger charge is -2.29. The lowest BCUT2D eigenvalue weighted by atomic mass is 9.92. The number of amides is 1. The molecular formula is C9H15NO. The van der Waals surface area contributed by atoms with Crippen molar-refractivity contribution in [3.63, 3.8) is 0 Å². The fraction of sp³-hybridized carbons (Fsp3) is 0.667. The Morgan fingerprint density at radius 2 is 2.45 bits per heavy atom. The molecule has 11 heavy (non-hydrogen) atoms. The van der Waals surface area contributed by atoms with Crippen LogP contribution in [0.2, 0.25) is 0 Å². The minimum Gasteiger partial charge on any atom is -0.347 e. The highest BCUT2D eigenvalue weighted by Crippen LogP contribution is 2.17. The Kier molecular flexibility index (Phi) is 2.32. The van der Waals surface area contributed by atoms with E-state index in [4.69, 9.17) is 0 Å². The summed E-state index contributed by atoms with van der Waals surface area (Å²) in [5.41, 5.74) is -0.0793. The Balaban J connectivity index is 2.62. The summed E-state index contributed by atoms with van der Waals surface area (Å²) in [6.07, 6.45) is 6.71. The molecule has 62 valence electrons. The van der Waals surface area contributed by atoms with Crippen molar-refractivity contribution >= 4 is 5.91 Å². The van der Waals surface area contributed by atoms with E-state index in [1.54, 1.807) is 0 Å². The van der Waals surface area contributed by atoms with Gasteiger partial charge in [-0.15, -0.1) is 0 Å². The summed E-state index contributed by atoms with van der Waals surface area (Å²) in [5.74, 6) is 0.142. The highest BCUT2D eigenvalue weighted by atomic mass is 16.1. The van der Waals surface area contributed by atoms with E-state index < -0.39 is 0 Å². The summed E-state index contributed by atoms with van der Waals surface area (Å²) in [4.78, 5) is 11.0. The molecule has 2 heteroatoms. The van der Waals surface area contributed by atoms with Crippen molar-refractivity contribution in [1.29, 1.82) is 0 Å². The molecule has 1 atom stereocenters. The van der Waals surface area contributed by atoms with Crippen molar-refractivity contribution in [1.82, 2.24) is 5.32 Å². The highest BCUT2D eigenvalue weighted by molar-refractivity contribution is 5.79. The monoisotopic (exact) mass is 153 g/mol. The van der Waals surface area contributed by atoms with Crippen LogP contribution in [0.25, 0.3) is 0 Å². The van der Waals surface area contributed by atoms with Crippen molar-refractivity contribution in [3.8, 4) is 0 Å². The van der Waals surface area contributed by atoms with Crippen molar-refractivity contribution < 1.29 is 4.79 Å². The first kappa shape index (κ1) is 8.31. The van der Waals surface area contributed by atoms with Gasteiger partial charge in [-0.3, -0.25) is 4.79 Å². The molecule has 2 nitrogen and oxygen atoms in total. The number of rotatable bonds is 2. The molecule has 1 N–H and O–H groups in total. The van der Waals surface area contributed by atoms with Gasteiger partial charge in [0.25, 0.3) is 0 Å². The Morgan fingerprint density at radius 3 is 3.00 bits per heavy atom. The average Bonchev–Trinajstić information content (AvgIpc) is 1.86. The van der Waals surface area contributed by atoms with Gasteiger partial charge in [-0.2, -0.15) is 0 Å². The van der Waals surface area contributed by atoms with Crippen LogP contribution in [0, 0.1) is 0 Å². The molecule has 0 saturated carbocycles. The van der Waals surface area contributed by atoms with Gasteiger partial charge in [-0.05, 0) is 13.3 Å². The molecule has 0 saturated heterocycles. The largest absolute Gasteiger partial charge is 0.347 e. The average molecular weight is 153 g/mol. The second kappa shape index (κ2) is 3.07. The topological polar surface area (TPSA) is 29.1 Å². The highest BCUT2D eigenvalue weighted by Gasteiger charge is 2.24. The molecule has 0 radical (unpaired) electrons. The fourth-order valence-electron chi connectivity index (χ4n) is 1.50. The van der Waals surface area contributed by atoms with E-state index in [1.807, 2.05) is 6.08 Å². The quantitative estimate of drug-likeness (QED) is 0.600. The fourth-order valence-corrected chi connectivity index (χ4v) is 1.50. The van der Waals surface area contributed by atoms with Gasteiger partial charge in [0.1, 0.15) is 0 Å². The van der Waals surface area contributed by atoms with Crippen molar-refractivity contribution in [2.24, 2.45) is 0 Å². The van der Waals surface area contributed by atoms with Crippen LogP contribution in [0.5, 0.6) is 0 Å². The van der Waals surface area contributed by atoms with Gasteiger partial charge in [-0.1, -0.05) is 25.5 Å². The molecule has 0 aliphatic carbocycles. The maximum absolute atomic E-state index is 11.0. The van der Waals surface area contributed by atoms with Gasteiger partial charge < -0.3 is 5.32 Å². The molecule has 1 heterocycles. The van der Waals surface area contributed by atoms with Gasteiger partial charge >= 0.3 is 0 Å². The molecule has 0 aromatic rings. The van der Waals surface area contributed by atoms with Crippen LogP contribution < -0.4 is 5.32 Å². The van der Waals surface area contributed by atoms with Gasteiger partial charge in [0.2, 0.25) is 5.91 Å². The lowest BCUT2D eigenvalue weighted by Crippen LogP contribution is -2.46. The van der Waals surface area contributed by atoms with E-state index in [-0.39, 0.29) is 11.4 Å². The first-order valence-electron chi connectivity index (χ1n) is 4.15. The summed E-state index contributed by atoms with van der Waals surface area (Å²) in [6.45, 7) is 4.18. The van der Waals surface area contributed by atoms with Crippen LogP contribution in [0.4, 0.5) is 0 Å². The molecule has 0 bridgehead atoms. The van der Waals surface area contributed by atoms with Crippen LogP contribution in [-0.4, -0.2) is 11.4 Å². The first-order chi connectivity index (χ1) is 5.16. The van der Waals surface area contributed by atoms with Crippen LogP contribution in [-0.2, 0) is 4.79 Å². The maximum Gasteiger partial charge on any atom is 0.224 e. The van der Waals surface area contributed by atoms with Crippen molar-refractivity contribution in [3.05, 3.63) is 12.2 Å². The summed E-state index contributed by atoms with van der Waals surface area (Å²) in [5, 5.41) is 2.97. The van der Waals surface area contributed by atoms with E-state index in [1.165, 1.54) is 0 Å². The maximum atomic E-state index is 11.0. The standard InChI is InChI=1S/C9H15NO/c1-3-6-9(2)7-4-5-8(11)10-9/h4,7H,3,5-6H2,1-2H3,(H,10,11)/t9-/m1/s1. The van der Waals surface area contributed by atoms with E-state index in [2.05, 4.69) is 25.2 Å². The zero-order valence-corrected chi connectivity index (χ0v) is 7.18. The SMILES string of the molecule is CCC[C@]1(C)C=CCC(=O)N1. The van der Waals surface area contributed by atoms with Crippen molar-refractivity contribution in [2.75, 3.05) is 0 Å². The molecule has 1 aliphatic rings. The smallest absolute Gasteiger partial charge is 0.224 e. The molecule has 0 spiro atoms. The molecule has 0 fully saturated rings. The van der Waals surface area contributed by atoms with Crippen LogP contribution in [0.3, 0.4) is 0 Å². The summed E-state index contributed by atoms with van der Waals surface area (Å²) in [6, 6.07) is 0.